The van der Waals surface area contributed by atoms with Gasteiger partial charge in [-0.1, -0.05) is 44.2 Å². The van der Waals surface area contributed by atoms with Crippen LogP contribution in [0.25, 0.3) is 0 Å². The van der Waals surface area contributed by atoms with E-state index in [0.717, 1.165) is 5.56 Å². The summed E-state index contributed by atoms with van der Waals surface area (Å²) < 4.78 is 32.4. The Morgan fingerprint density at radius 1 is 1.04 bits per heavy atom. The van der Waals surface area contributed by atoms with E-state index in [4.69, 9.17) is 4.74 Å². The zero-order valence-corrected chi connectivity index (χ0v) is 17.0. The smallest absolute Gasteiger partial charge is 0.253 e. The van der Waals surface area contributed by atoms with Crippen molar-refractivity contribution in [3.05, 3.63) is 59.7 Å². The summed E-state index contributed by atoms with van der Waals surface area (Å²) in [4.78, 5) is 14.4. The van der Waals surface area contributed by atoms with Crippen LogP contribution in [0.1, 0.15) is 29.8 Å². The van der Waals surface area contributed by atoms with Crippen LogP contribution in [0.2, 0.25) is 0 Å². The third kappa shape index (κ3) is 4.67. The van der Waals surface area contributed by atoms with E-state index in [-0.39, 0.29) is 16.6 Å². The predicted molar refractivity (Wildman–Crippen MR) is 105 cm³/mol. The molecule has 0 aliphatic rings. The first-order valence-electron chi connectivity index (χ1n) is 8.82. The SMILES string of the molecule is CCN(CC)S(=O)(=O)c1cc(C(=O)N(C)Cc2ccccc2)ccc1OC. The maximum absolute atomic E-state index is 12.9. The first-order valence-corrected chi connectivity index (χ1v) is 10.3. The number of rotatable bonds is 8. The van der Waals surface area contributed by atoms with Crippen molar-refractivity contribution >= 4 is 15.9 Å². The quantitative estimate of drug-likeness (QED) is 0.695. The van der Waals surface area contributed by atoms with Crippen LogP contribution < -0.4 is 4.74 Å². The lowest BCUT2D eigenvalue weighted by molar-refractivity contribution is 0.0785. The Hall–Kier alpha value is -2.38. The van der Waals surface area contributed by atoms with Gasteiger partial charge in [0.1, 0.15) is 10.6 Å². The highest BCUT2D eigenvalue weighted by Crippen LogP contribution is 2.28. The molecule has 0 N–H and O–H groups in total. The molecule has 146 valence electrons. The van der Waals surface area contributed by atoms with Crippen LogP contribution in [0.15, 0.2) is 53.4 Å². The molecule has 2 aromatic carbocycles. The van der Waals surface area contributed by atoms with E-state index in [1.807, 2.05) is 30.3 Å². The lowest BCUT2D eigenvalue weighted by atomic mass is 10.1. The lowest BCUT2D eigenvalue weighted by Gasteiger charge is -2.22. The average Bonchev–Trinajstić information content (AvgIpc) is 2.68. The van der Waals surface area contributed by atoms with E-state index in [1.165, 1.54) is 23.5 Å². The molecule has 2 aromatic rings. The highest BCUT2D eigenvalue weighted by Gasteiger charge is 2.27. The zero-order valence-electron chi connectivity index (χ0n) is 16.2. The van der Waals surface area contributed by atoms with Crippen LogP contribution in [0, 0.1) is 0 Å². The van der Waals surface area contributed by atoms with E-state index in [0.29, 0.717) is 25.2 Å². The normalized spacial score (nSPS) is 11.4. The number of hydrogen-bond acceptors (Lipinski definition) is 4. The number of benzene rings is 2. The van der Waals surface area contributed by atoms with Crippen molar-refractivity contribution in [2.75, 3.05) is 27.2 Å². The van der Waals surface area contributed by atoms with Crippen molar-refractivity contribution in [2.45, 2.75) is 25.3 Å². The van der Waals surface area contributed by atoms with Gasteiger partial charge in [-0.25, -0.2) is 8.42 Å². The third-order valence-corrected chi connectivity index (χ3v) is 6.41. The number of methoxy groups -OCH3 is 1. The minimum absolute atomic E-state index is 0.00709. The van der Waals surface area contributed by atoms with Gasteiger partial charge in [-0.15, -0.1) is 0 Å². The van der Waals surface area contributed by atoms with Gasteiger partial charge in [0, 0.05) is 32.2 Å². The van der Waals surface area contributed by atoms with Gasteiger partial charge in [0.05, 0.1) is 7.11 Å². The summed E-state index contributed by atoms with van der Waals surface area (Å²) in [5, 5.41) is 0. The molecule has 6 nitrogen and oxygen atoms in total. The van der Waals surface area contributed by atoms with Crippen molar-refractivity contribution in [3.63, 3.8) is 0 Å². The van der Waals surface area contributed by atoms with Crippen molar-refractivity contribution in [1.29, 1.82) is 0 Å². The van der Waals surface area contributed by atoms with Crippen LogP contribution in [0.5, 0.6) is 5.75 Å². The zero-order chi connectivity index (χ0) is 20.0. The second-order valence-corrected chi connectivity index (χ2v) is 8.01. The van der Waals surface area contributed by atoms with Gasteiger partial charge in [-0.05, 0) is 23.8 Å². The van der Waals surface area contributed by atoms with Gasteiger partial charge >= 0.3 is 0 Å². The number of nitrogens with zero attached hydrogens (tertiary/aromatic N) is 2. The molecule has 0 fully saturated rings. The summed E-state index contributed by atoms with van der Waals surface area (Å²) in [7, 11) is -0.638. The summed E-state index contributed by atoms with van der Waals surface area (Å²) in [5.41, 5.74) is 1.30. The van der Waals surface area contributed by atoms with Gasteiger partial charge in [-0.3, -0.25) is 4.79 Å². The molecular formula is C20H26N2O4S. The number of carbonyl (C=O) groups excluding carboxylic acids is 1. The summed E-state index contributed by atoms with van der Waals surface area (Å²) in [6, 6.07) is 14.1. The standard InChI is InChI=1S/C20H26N2O4S/c1-5-22(6-2)27(24,25)19-14-17(12-13-18(19)26-4)20(23)21(3)15-16-10-8-7-9-11-16/h7-14H,5-6,15H2,1-4H3. The number of sulfonamides is 1. The summed E-state index contributed by atoms with van der Waals surface area (Å²) in [6.07, 6.45) is 0. The Labute approximate surface area is 161 Å². The van der Waals surface area contributed by atoms with Crippen LogP contribution in [-0.4, -0.2) is 50.8 Å². The molecule has 0 spiro atoms. The fourth-order valence-corrected chi connectivity index (χ4v) is 4.50. The highest BCUT2D eigenvalue weighted by atomic mass is 32.2. The minimum Gasteiger partial charge on any atom is -0.495 e. The largest absolute Gasteiger partial charge is 0.495 e. The second-order valence-electron chi connectivity index (χ2n) is 6.10. The molecule has 0 heterocycles. The minimum atomic E-state index is -3.75. The molecule has 0 aliphatic heterocycles. The van der Waals surface area contributed by atoms with Gasteiger partial charge < -0.3 is 9.64 Å². The molecule has 0 unspecified atom stereocenters. The molecule has 0 aliphatic carbocycles. The Balaban J connectivity index is 2.37. The summed E-state index contributed by atoms with van der Waals surface area (Å²) in [6.45, 7) is 4.66. The van der Waals surface area contributed by atoms with Crippen molar-refractivity contribution in [1.82, 2.24) is 9.21 Å². The Kier molecular flexibility index (Phi) is 6.98. The van der Waals surface area contributed by atoms with Crippen LogP contribution in [-0.2, 0) is 16.6 Å². The van der Waals surface area contributed by atoms with Gasteiger partial charge in [-0.2, -0.15) is 4.31 Å². The van der Waals surface area contributed by atoms with Gasteiger partial charge in [0.15, 0.2) is 0 Å². The first-order chi connectivity index (χ1) is 12.8. The van der Waals surface area contributed by atoms with Crippen LogP contribution in [0.4, 0.5) is 0 Å². The molecule has 0 bridgehead atoms. The topological polar surface area (TPSA) is 66.9 Å². The molecule has 2 rings (SSSR count). The molecule has 0 radical (unpaired) electrons. The van der Waals surface area contributed by atoms with Gasteiger partial charge in [0.2, 0.25) is 10.0 Å². The highest BCUT2D eigenvalue weighted by molar-refractivity contribution is 7.89. The maximum atomic E-state index is 12.9. The number of carbonyl (C=O) groups is 1. The molecule has 27 heavy (non-hydrogen) atoms. The Morgan fingerprint density at radius 2 is 1.67 bits per heavy atom. The van der Waals surface area contributed by atoms with E-state index in [1.54, 1.807) is 31.9 Å². The third-order valence-electron chi connectivity index (χ3n) is 4.34. The fourth-order valence-electron chi connectivity index (χ4n) is 2.86. The maximum Gasteiger partial charge on any atom is 0.253 e. The Bertz CT molecular complexity index is 878. The molecule has 0 aromatic heterocycles. The van der Waals surface area contributed by atoms with E-state index < -0.39 is 10.0 Å². The monoisotopic (exact) mass is 390 g/mol. The number of hydrogen-bond donors (Lipinski definition) is 0. The fraction of sp³-hybridized carbons (Fsp3) is 0.350. The van der Waals surface area contributed by atoms with Crippen LogP contribution in [0.3, 0.4) is 0 Å². The Morgan fingerprint density at radius 3 is 2.22 bits per heavy atom. The van der Waals surface area contributed by atoms with E-state index >= 15 is 0 Å². The van der Waals surface area contributed by atoms with Crippen molar-refractivity contribution < 1.29 is 17.9 Å². The molecule has 7 heteroatoms. The summed E-state index contributed by atoms with van der Waals surface area (Å²) >= 11 is 0. The van der Waals surface area contributed by atoms with Crippen LogP contribution >= 0.6 is 0 Å². The molecular weight excluding hydrogens is 364 g/mol. The van der Waals surface area contributed by atoms with E-state index in [9.17, 15) is 13.2 Å². The number of amides is 1. The first kappa shape index (κ1) is 20.9. The summed E-state index contributed by atoms with van der Waals surface area (Å²) in [5.74, 6) is -0.0262. The van der Waals surface area contributed by atoms with E-state index in [2.05, 4.69) is 0 Å². The number of ether oxygens (including phenoxy) is 1. The molecule has 0 saturated heterocycles. The van der Waals surface area contributed by atoms with Gasteiger partial charge in [0.25, 0.3) is 5.91 Å². The molecule has 0 atom stereocenters. The molecule has 1 amide bonds. The molecule has 0 saturated carbocycles. The lowest BCUT2D eigenvalue weighted by Crippen LogP contribution is -2.31. The second kappa shape index (κ2) is 9.01. The average molecular weight is 391 g/mol. The predicted octanol–water partition coefficient (Wildman–Crippen LogP) is 3.00. The van der Waals surface area contributed by atoms with Crippen molar-refractivity contribution in [2.24, 2.45) is 0 Å². The van der Waals surface area contributed by atoms with Crippen molar-refractivity contribution in [3.8, 4) is 5.75 Å².